The molecule has 2 atom stereocenters. The van der Waals surface area contributed by atoms with Crippen molar-refractivity contribution in [1.82, 2.24) is 9.80 Å². The van der Waals surface area contributed by atoms with Gasteiger partial charge in [-0.1, -0.05) is 0 Å². The van der Waals surface area contributed by atoms with Crippen LogP contribution in [0, 0.1) is 26.7 Å². The number of aliphatic hydroxyl groups is 1. The van der Waals surface area contributed by atoms with Crippen LogP contribution in [-0.4, -0.2) is 67.3 Å². The van der Waals surface area contributed by atoms with Crippen LogP contribution in [0.15, 0.2) is 21.3 Å². The molecule has 30 heavy (non-hydrogen) atoms. The second kappa shape index (κ2) is 9.18. The van der Waals surface area contributed by atoms with Gasteiger partial charge in [-0.3, -0.25) is 4.79 Å². The first-order valence-corrected chi connectivity index (χ1v) is 10.4. The number of aliphatic hydroxyl groups excluding tert-OH is 1. The average Bonchev–Trinajstić information content (AvgIpc) is 2.92. The number of hydrogen-bond donors (Lipinski definition) is 1. The Labute approximate surface area is 177 Å². The molecule has 1 aromatic heterocycles. The highest BCUT2D eigenvalue weighted by atomic mass is 16.5. The minimum atomic E-state index is -0.359. The molecular formula is C23H32N2O5. The summed E-state index contributed by atoms with van der Waals surface area (Å²) in [4.78, 5) is 29.0. The summed E-state index contributed by atoms with van der Waals surface area (Å²) < 4.78 is 11.4. The van der Waals surface area contributed by atoms with Crippen LogP contribution in [0.25, 0.3) is 11.0 Å². The van der Waals surface area contributed by atoms with Crippen molar-refractivity contribution >= 4 is 16.9 Å². The van der Waals surface area contributed by atoms with E-state index in [4.69, 9.17) is 9.15 Å². The van der Waals surface area contributed by atoms with Gasteiger partial charge in [0, 0.05) is 31.3 Å². The molecule has 2 aromatic rings. The lowest BCUT2D eigenvalue weighted by Crippen LogP contribution is -2.44. The van der Waals surface area contributed by atoms with Crippen molar-refractivity contribution in [2.45, 2.75) is 39.7 Å². The zero-order valence-corrected chi connectivity index (χ0v) is 18.5. The SMILES string of the molecule is Cc1cc(OCC(=O)N2C[C@@H](CO)CC[C@@H](N(C)C)C2)c2c(C)c(C)c(=O)oc2c1. The van der Waals surface area contributed by atoms with Gasteiger partial charge in [0.05, 0.1) is 5.39 Å². The molecule has 1 aliphatic heterocycles. The monoisotopic (exact) mass is 416 g/mol. The van der Waals surface area contributed by atoms with E-state index in [1.807, 2.05) is 34.0 Å². The Hall–Kier alpha value is -2.38. The molecule has 2 heterocycles. The first-order valence-electron chi connectivity index (χ1n) is 10.4. The van der Waals surface area contributed by atoms with Gasteiger partial charge < -0.3 is 24.1 Å². The zero-order chi connectivity index (χ0) is 22.0. The molecule has 0 unspecified atom stereocenters. The van der Waals surface area contributed by atoms with E-state index >= 15 is 0 Å². The van der Waals surface area contributed by atoms with Crippen molar-refractivity contribution in [3.8, 4) is 5.75 Å². The van der Waals surface area contributed by atoms with E-state index in [9.17, 15) is 14.7 Å². The number of likely N-dealkylation sites (N-methyl/N-ethyl adjacent to an activating group) is 1. The highest BCUT2D eigenvalue weighted by Crippen LogP contribution is 2.31. The number of nitrogens with zero attached hydrogens (tertiary/aromatic N) is 2. The number of fused-ring (bicyclic) bond motifs is 1. The number of hydrogen-bond acceptors (Lipinski definition) is 6. The summed E-state index contributed by atoms with van der Waals surface area (Å²) in [7, 11) is 4.03. The summed E-state index contributed by atoms with van der Waals surface area (Å²) >= 11 is 0. The van der Waals surface area contributed by atoms with Crippen LogP contribution < -0.4 is 10.4 Å². The summed E-state index contributed by atoms with van der Waals surface area (Å²) in [6.45, 7) is 6.60. The van der Waals surface area contributed by atoms with Crippen LogP contribution >= 0.6 is 0 Å². The zero-order valence-electron chi connectivity index (χ0n) is 18.5. The fraction of sp³-hybridized carbons (Fsp3) is 0.565. The molecular weight excluding hydrogens is 384 g/mol. The largest absolute Gasteiger partial charge is 0.483 e. The first-order chi connectivity index (χ1) is 14.2. The summed E-state index contributed by atoms with van der Waals surface area (Å²) in [5.74, 6) is 0.516. The van der Waals surface area contributed by atoms with Gasteiger partial charge in [-0.05, 0) is 76.9 Å². The lowest BCUT2D eigenvalue weighted by atomic mass is 10.0. The number of benzene rings is 1. The van der Waals surface area contributed by atoms with Crippen molar-refractivity contribution < 1.29 is 19.1 Å². The van der Waals surface area contributed by atoms with Gasteiger partial charge in [-0.25, -0.2) is 4.79 Å². The molecule has 3 rings (SSSR count). The summed E-state index contributed by atoms with van der Waals surface area (Å²) in [6, 6.07) is 3.92. The van der Waals surface area contributed by atoms with E-state index in [1.165, 1.54) is 0 Å². The molecule has 0 spiro atoms. The number of likely N-dealkylation sites (tertiary alicyclic amines) is 1. The second-order valence-electron chi connectivity index (χ2n) is 8.61. The number of ether oxygens (including phenoxy) is 1. The summed E-state index contributed by atoms with van der Waals surface area (Å²) in [6.07, 6.45) is 1.84. The lowest BCUT2D eigenvalue weighted by Gasteiger charge is -2.29. The van der Waals surface area contributed by atoms with E-state index in [2.05, 4.69) is 4.90 Å². The second-order valence-corrected chi connectivity index (χ2v) is 8.61. The molecule has 1 fully saturated rings. The van der Waals surface area contributed by atoms with Crippen LogP contribution in [0.3, 0.4) is 0 Å². The normalized spacial score (nSPS) is 19.9. The third kappa shape index (κ3) is 4.68. The van der Waals surface area contributed by atoms with Gasteiger partial charge in [0.15, 0.2) is 6.61 Å². The molecule has 7 heteroatoms. The van der Waals surface area contributed by atoms with Crippen molar-refractivity contribution in [3.63, 3.8) is 0 Å². The van der Waals surface area contributed by atoms with E-state index in [0.717, 1.165) is 29.4 Å². The Kier molecular flexibility index (Phi) is 6.83. The number of carbonyl (C=O) groups is 1. The highest BCUT2D eigenvalue weighted by Gasteiger charge is 2.28. The van der Waals surface area contributed by atoms with Crippen LogP contribution in [0.4, 0.5) is 0 Å². The van der Waals surface area contributed by atoms with Gasteiger partial charge in [-0.15, -0.1) is 0 Å². The Bertz CT molecular complexity index is 982. The van der Waals surface area contributed by atoms with Gasteiger partial charge in [-0.2, -0.15) is 0 Å². The molecule has 0 radical (unpaired) electrons. The van der Waals surface area contributed by atoms with E-state index in [-0.39, 0.29) is 36.7 Å². The topological polar surface area (TPSA) is 83.2 Å². The maximum Gasteiger partial charge on any atom is 0.339 e. The van der Waals surface area contributed by atoms with E-state index < -0.39 is 0 Å². The molecule has 0 saturated carbocycles. The third-order valence-electron chi connectivity index (χ3n) is 6.17. The molecule has 7 nitrogen and oxygen atoms in total. The standard InChI is InChI=1S/C23H32N2O5/c1-14-8-19(22-15(2)16(3)23(28)30-20(22)9-14)29-13-21(27)25-10-17(12-26)6-7-18(11-25)24(4)5/h8-9,17-18,26H,6-7,10-13H2,1-5H3/t17-,18+/m0/s1. The Morgan fingerprint density at radius 3 is 2.60 bits per heavy atom. The van der Waals surface area contributed by atoms with Crippen molar-refractivity contribution in [3.05, 3.63) is 39.2 Å². The predicted octanol–water partition coefficient (Wildman–Crippen LogP) is 2.26. The predicted molar refractivity (Wildman–Crippen MR) is 116 cm³/mol. The van der Waals surface area contributed by atoms with Crippen LogP contribution in [0.2, 0.25) is 0 Å². The number of rotatable bonds is 5. The average molecular weight is 417 g/mol. The summed E-state index contributed by atoms with van der Waals surface area (Å²) in [5.41, 5.74) is 2.33. The Balaban J connectivity index is 1.83. The molecule has 1 amide bonds. The minimum Gasteiger partial charge on any atom is -0.483 e. The summed E-state index contributed by atoms with van der Waals surface area (Å²) in [5, 5.41) is 10.4. The lowest BCUT2D eigenvalue weighted by molar-refractivity contribution is -0.134. The van der Waals surface area contributed by atoms with Crippen LogP contribution in [-0.2, 0) is 4.79 Å². The van der Waals surface area contributed by atoms with Crippen LogP contribution in [0.1, 0.15) is 29.5 Å². The fourth-order valence-corrected chi connectivity index (χ4v) is 4.06. The molecule has 1 aromatic carbocycles. The molecule has 1 N–H and O–H groups in total. The van der Waals surface area contributed by atoms with Crippen molar-refractivity contribution in [2.24, 2.45) is 5.92 Å². The number of amides is 1. The van der Waals surface area contributed by atoms with Gasteiger partial charge in [0.1, 0.15) is 11.3 Å². The first kappa shape index (κ1) is 22.3. The Morgan fingerprint density at radius 1 is 1.20 bits per heavy atom. The molecule has 0 aliphatic carbocycles. The van der Waals surface area contributed by atoms with Crippen LogP contribution in [0.5, 0.6) is 5.75 Å². The van der Waals surface area contributed by atoms with E-state index in [1.54, 1.807) is 17.9 Å². The number of aryl methyl sites for hydroxylation is 2. The molecule has 0 bridgehead atoms. The van der Waals surface area contributed by atoms with Crippen molar-refractivity contribution in [1.29, 1.82) is 0 Å². The fourth-order valence-electron chi connectivity index (χ4n) is 4.06. The molecule has 1 saturated heterocycles. The smallest absolute Gasteiger partial charge is 0.339 e. The van der Waals surface area contributed by atoms with Gasteiger partial charge in [0.25, 0.3) is 5.91 Å². The van der Waals surface area contributed by atoms with Gasteiger partial charge in [0.2, 0.25) is 0 Å². The quantitative estimate of drug-likeness (QED) is 0.753. The minimum absolute atomic E-state index is 0.0742. The third-order valence-corrected chi connectivity index (χ3v) is 6.17. The number of carbonyl (C=O) groups excluding carboxylic acids is 1. The molecule has 164 valence electrons. The highest BCUT2D eigenvalue weighted by molar-refractivity contribution is 5.88. The Morgan fingerprint density at radius 2 is 1.93 bits per heavy atom. The molecule has 1 aliphatic rings. The van der Waals surface area contributed by atoms with Crippen molar-refractivity contribution in [2.75, 3.05) is 40.4 Å². The maximum absolute atomic E-state index is 13.0. The van der Waals surface area contributed by atoms with E-state index in [0.29, 0.717) is 30.0 Å². The van der Waals surface area contributed by atoms with Gasteiger partial charge >= 0.3 is 5.63 Å². The maximum atomic E-state index is 13.0.